The Morgan fingerprint density at radius 3 is 2.77 bits per heavy atom. The number of nitrogens with one attached hydrogen (secondary N) is 2. The molecule has 0 amide bonds. The van der Waals surface area contributed by atoms with Crippen molar-refractivity contribution in [2.75, 3.05) is 5.32 Å². The largest absolute Gasteiger partial charge is 0.360 e. The number of nitriles is 1. The number of hydrogen-bond acceptors (Lipinski definition) is 6. The molecule has 0 saturated carbocycles. The normalized spacial score (nSPS) is 11.0. The molecule has 3 aromatic rings. The number of benzene rings is 2. The SMILES string of the molecule is N#CC(=CNc1ccc(Br)cc1C(=O)c1ccccc1Cl)c1nn[nH]n1. The zero-order chi connectivity index (χ0) is 18.5. The third-order valence-electron chi connectivity index (χ3n) is 3.42. The average Bonchev–Trinajstić information content (AvgIpc) is 3.17. The summed E-state index contributed by atoms with van der Waals surface area (Å²) in [5.41, 5.74) is 1.46. The minimum atomic E-state index is -0.245. The standard InChI is InChI=1S/C17H10BrClN6O/c18-11-5-6-15(21-9-10(8-20)17-22-24-25-23-17)13(7-11)16(26)12-3-1-2-4-14(12)19/h1-7,9,21H,(H,22,23,24,25). The van der Waals surface area contributed by atoms with Gasteiger partial charge in [-0.3, -0.25) is 4.79 Å². The number of allylic oxidation sites excluding steroid dienone is 1. The molecule has 2 aromatic carbocycles. The van der Waals surface area contributed by atoms with Gasteiger partial charge in [0.05, 0.1) is 5.02 Å². The molecule has 0 spiro atoms. The van der Waals surface area contributed by atoms with E-state index in [-0.39, 0.29) is 17.2 Å². The summed E-state index contributed by atoms with van der Waals surface area (Å²) in [6.45, 7) is 0. The van der Waals surface area contributed by atoms with Gasteiger partial charge in [-0.05, 0) is 35.5 Å². The molecule has 7 nitrogen and oxygen atoms in total. The first kappa shape index (κ1) is 17.8. The van der Waals surface area contributed by atoms with Crippen molar-refractivity contribution in [1.82, 2.24) is 20.6 Å². The average molecular weight is 430 g/mol. The number of ketones is 1. The summed E-state index contributed by atoms with van der Waals surface area (Å²) >= 11 is 9.51. The first-order valence-electron chi connectivity index (χ1n) is 7.29. The van der Waals surface area contributed by atoms with E-state index in [0.29, 0.717) is 21.8 Å². The summed E-state index contributed by atoms with van der Waals surface area (Å²) in [5, 5.41) is 25.8. The van der Waals surface area contributed by atoms with E-state index >= 15 is 0 Å². The lowest BCUT2D eigenvalue weighted by atomic mass is 10.0. The quantitative estimate of drug-likeness (QED) is 0.471. The van der Waals surface area contributed by atoms with E-state index in [0.717, 1.165) is 4.47 Å². The van der Waals surface area contributed by atoms with Crippen LogP contribution in [0.4, 0.5) is 5.69 Å². The van der Waals surface area contributed by atoms with Crippen molar-refractivity contribution in [2.24, 2.45) is 0 Å². The molecule has 0 unspecified atom stereocenters. The van der Waals surface area contributed by atoms with E-state index in [9.17, 15) is 10.1 Å². The zero-order valence-corrected chi connectivity index (χ0v) is 15.4. The minimum Gasteiger partial charge on any atom is -0.360 e. The van der Waals surface area contributed by atoms with E-state index in [1.54, 1.807) is 42.5 Å². The van der Waals surface area contributed by atoms with Gasteiger partial charge in [-0.1, -0.05) is 39.7 Å². The third-order valence-corrected chi connectivity index (χ3v) is 4.25. The monoisotopic (exact) mass is 428 g/mol. The minimum absolute atomic E-state index is 0.149. The second-order valence-electron chi connectivity index (χ2n) is 5.05. The Morgan fingerprint density at radius 2 is 2.08 bits per heavy atom. The maximum absolute atomic E-state index is 12.9. The molecule has 3 rings (SSSR count). The Balaban J connectivity index is 1.98. The fourth-order valence-corrected chi connectivity index (χ4v) is 2.78. The van der Waals surface area contributed by atoms with Crippen LogP contribution in [0.25, 0.3) is 5.57 Å². The lowest BCUT2D eigenvalue weighted by Crippen LogP contribution is -2.06. The van der Waals surface area contributed by atoms with Gasteiger partial charge >= 0.3 is 0 Å². The molecule has 1 heterocycles. The second kappa shape index (κ2) is 7.91. The van der Waals surface area contributed by atoms with Crippen LogP contribution in [0.3, 0.4) is 0 Å². The van der Waals surface area contributed by atoms with Crippen LogP contribution in [0.15, 0.2) is 53.1 Å². The number of rotatable bonds is 5. The number of aromatic amines is 1. The van der Waals surface area contributed by atoms with Gasteiger partial charge in [0.15, 0.2) is 5.78 Å². The molecule has 0 aliphatic carbocycles. The lowest BCUT2D eigenvalue weighted by molar-refractivity contribution is 0.103. The summed E-state index contributed by atoms with van der Waals surface area (Å²) in [7, 11) is 0. The highest BCUT2D eigenvalue weighted by Crippen LogP contribution is 2.27. The Bertz CT molecular complexity index is 1030. The highest BCUT2D eigenvalue weighted by Gasteiger charge is 2.17. The van der Waals surface area contributed by atoms with Crippen LogP contribution in [0.1, 0.15) is 21.7 Å². The number of H-pyrrole nitrogens is 1. The predicted molar refractivity (Wildman–Crippen MR) is 100 cm³/mol. The van der Waals surface area contributed by atoms with Crippen LogP contribution in [-0.2, 0) is 0 Å². The summed E-state index contributed by atoms with van der Waals surface area (Å²) in [6, 6.07) is 14.0. The zero-order valence-electron chi connectivity index (χ0n) is 13.1. The van der Waals surface area contributed by atoms with Crippen molar-refractivity contribution in [3.63, 3.8) is 0 Å². The van der Waals surface area contributed by atoms with Gasteiger partial charge in [0.2, 0.25) is 5.82 Å². The molecule has 0 radical (unpaired) electrons. The first-order chi connectivity index (χ1) is 12.6. The molecule has 0 aliphatic heterocycles. The molecule has 0 aliphatic rings. The molecule has 0 fully saturated rings. The fraction of sp³-hybridized carbons (Fsp3) is 0. The van der Waals surface area contributed by atoms with E-state index in [2.05, 4.69) is 41.9 Å². The van der Waals surface area contributed by atoms with Gasteiger partial charge in [-0.15, -0.1) is 10.2 Å². The summed E-state index contributed by atoms with van der Waals surface area (Å²) < 4.78 is 0.737. The maximum atomic E-state index is 12.9. The van der Waals surface area contributed by atoms with Gasteiger partial charge in [-0.25, -0.2) is 0 Å². The molecule has 9 heteroatoms. The molecular formula is C17H10BrClN6O. The smallest absolute Gasteiger partial charge is 0.216 e. The topological polar surface area (TPSA) is 107 Å². The highest BCUT2D eigenvalue weighted by atomic mass is 79.9. The van der Waals surface area contributed by atoms with Gasteiger partial charge in [-0.2, -0.15) is 10.5 Å². The van der Waals surface area contributed by atoms with Crippen LogP contribution in [-0.4, -0.2) is 26.4 Å². The summed E-state index contributed by atoms with van der Waals surface area (Å²) in [5.74, 6) is -0.0954. The molecular weight excluding hydrogens is 420 g/mol. The van der Waals surface area contributed by atoms with Crippen molar-refractivity contribution >= 4 is 44.6 Å². The van der Waals surface area contributed by atoms with Crippen molar-refractivity contribution in [1.29, 1.82) is 5.26 Å². The number of nitrogens with zero attached hydrogens (tertiary/aromatic N) is 4. The van der Waals surface area contributed by atoms with Crippen LogP contribution in [0.5, 0.6) is 0 Å². The Hall–Kier alpha value is -3.02. The number of anilines is 1. The van der Waals surface area contributed by atoms with Crippen molar-refractivity contribution in [3.8, 4) is 6.07 Å². The van der Waals surface area contributed by atoms with Crippen molar-refractivity contribution in [3.05, 3.63) is 75.1 Å². The number of carbonyl (C=O) groups excluding carboxylic acids is 1. The molecule has 2 N–H and O–H groups in total. The molecule has 0 bridgehead atoms. The Labute approximate surface area is 161 Å². The summed E-state index contributed by atoms with van der Waals surface area (Å²) in [6.07, 6.45) is 1.41. The first-order valence-corrected chi connectivity index (χ1v) is 8.46. The third kappa shape index (κ3) is 3.79. The van der Waals surface area contributed by atoms with Crippen LogP contribution < -0.4 is 5.32 Å². The molecule has 128 valence electrons. The van der Waals surface area contributed by atoms with E-state index in [1.807, 2.05) is 6.07 Å². The highest BCUT2D eigenvalue weighted by molar-refractivity contribution is 9.10. The van der Waals surface area contributed by atoms with Gasteiger partial charge in [0.25, 0.3) is 0 Å². The fourth-order valence-electron chi connectivity index (χ4n) is 2.19. The number of carbonyl (C=O) groups is 1. The second-order valence-corrected chi connectivity index (χ2v) is 6.37. The van der Waals surface area contributed by atoms with Crippen molar-refractivity contribution in [2.45, 2.75) is 0 Å². The van der Waals surface area contributed by atoms with Crippen LogP contribution >= 0.6 is 27.5 Å². The van der Waals surface area contributed by atoms with E-state index < -0.39 is 0 Å². The Kier molecular flexibility index (Phi) is 5.41. The van der Waals surface area contributed by atoms with E-state index in [1.165, 1.54) is 6.20 Å². The van der Waals surface area contributed by atoms with Gasteiger partial charge in [0.1, 0.15) is 11.6 Å². The predicted octanol–water partition coefficient (Wildman–Crippen LogP) is 3.82. The summed E-state index contributed by atoms with van der Waals surface area (Å²) in [4.78, 5) is 12.9. The lowest BCUT2D eigenvalue weighted by Gasteiger charge is -2.10. The molecule has 1 aromatic heterocycles. The van der Waals surface area contributed by atoms with Crippen molar-refractivity contribution < 1.29 is 4.79 Å². The molecule has 26 heavy (non-hydrogen) atoms. The maximum Gasteiger partial charge on any atom is 0.216 e. The number of tetrazole rings is 1. The number of hydrogen-bond donors (Lipinski definition) is 2. The van der Waals surface area contributed by atoms with Crippen LogP contribution in [0.2, 0.25) is 5.02 Å². The van der Waals surface area contributed by atoms with Gasteiger partial charge in [0, 0.05) is 27.5 Å². The molecule has 0 atom stereocenters. The molecule has 0 saturated heterocycles. The van der Waals surface area contributed by atoms with E-state index in [4.69, 9.17) is 11.6 Å². The van der Waals surface area contributed by atoms with Gasteiger partial charge < -0.3 is 5.32 Å². The Morgan fingerprint density at radius 1 is 1.27 bits per heavy atom. The number of halogens is 2. The number of aromatic nitrogens is 4. The van der Waals surface area contributed by atoms with Crippen LogP contribution in [0, 0.1) is 11.3 Å².